The lowest BCUT2D eigenvalue weighted by molar-refractivity contribution is 0.266. The van der Waals surface area contributed by atoms with E-state index in [1.54, 1.807) is 24.3 Å². The Morgan fingerprint density at radius 2 is 1.73 bits per heavy atom. The maximum atomic E-state index is 12.0. The third kappa shape index (κ3) is 2.88. The van der Waals surface area contributed by atoms with E-state index in [9.17, 15) is 13.5 Å². The number of aliphatic imine (C=N–C) groups is 1. The van der Waals surface area contributed by atoms with Crippen LogP contribution in [0, 0.1) is 0 Å². The zero-order valence-corrected chi connectivity index (χ0v) is 12.6. The molecule has 114 valence electrons. The first kappa shape index (κ1) is 14.7. The Bertz CT molecular complexity index is 801. The van der Waals surface area contributed by atoms with Crippen LogP contribution in [-0.2, 0) is 16.4 Å². The first-order valence-corrected chi connectivity index (χ1v) is 8.43. The van der Waals surface area contributed by atoms with Gasteiger partial charge in [0.25, 0.3) is 10.0 Å². The summed E-state index contributed by atoms with van der Waals surface area (Å²) in [6.07, 6.45) is 0.546. The second-order valence-electron chi connectivity index (χ2n) is 5.11. The molecule has 5 nitrogen and oxygen atoms in total. The molecule has 22 heavy (non-hydrogen) atoms. The molecule has 6 heteroatoms. The normalized spacial score (nSPS) is 18.7. The number of fused-ring (bicyclic) bond motifs is 1. The molecule has 0 saturated carbocycles. The van der Waals surface area contributed by atoms with Crippen molar-refractivity contribution >= 4 is 15.9 Å². The van der Waals surface area contributed by atoms with E-state index in [0.29, 0.717) is 17.8 Å². The van der Waals surface area contributed by atoms with E-state index in [1.807, 2.05) is 30.3 Å². The fraction of sp³-hybridized carbons (Fsp3) is 0.188. The molecule has 0 spiro atoms. The highest BCUT2D eigenvalue weighted by atomic mass is 32.2. The summed E-state index contributed by atoms with van der Waals surface area (Å²) in [7, 11) is -3.54. The fourth-order valence-electron chi connectivity index (χ4n) is 2.45. The van der Waals surface area contributed by atoms with Crippen molar-refractivity contribution in [1.29, 1.82) is 0 Å². The van der Waals surface area contributed by atoms with Gasteiger partial charge in [-0.3, -0.25) is 9.71 Å². The van der Waals surface area contributed by atoms with Crippen LogP contribution < -0.4 is 4.72 Å². The standard InChI is InChI=1S/C16H16N2O3S/c19-11-13(10-12-6-2-1-3-7-12)17-16-14-8-4-5-9-15(14)22(20,21)18-16/h1-9,13,19H,10-11H2,(H,17,18). The number of benzene rings is 2. The van der Waals surface area contributed by atoms with Gasteiger partial charge in [0, 0.05) is 5.56 Å². The van der Waals surface area contributed by atoms with Crippen molar-refractivity contribution in [3.63, 3.8) is 0 Å². The quantitative estimate of drug-likeness (QED) is 0.893. The smallest absolute Gasteiger partial charge is 0.263 e. The van der Waals surface area contributed by atoms with Gasteiger partial charge < -0.3 is 5.11 Å². The molecular formula is C16H16N2O3S. The predicted molar refractivity (Wildman–Crippen MR) is 84.3 cm³/mol. The van der Waals surface area contributed by atoms with E-state index >= 15 is 0 Å². The molecule has 2 aromatic carbocycles. The van der Waals surface area contributed by atoms with E-state index in [0.717, 1.165) is 5.56 Å². The number of sulfonamides is 1. The summed E-state index contributed by atoms with van der Waals surface area (Å²) in [5.74, 6) is 0.297. The van der Waals surface area contributed by atoms with Gasteiger partial charge in [0.15, 0.2) is 0 Å². The van der Waals surface area contributed by atoms with Crippen LogP contribution in [0.15, 0.2) is 64.5 Å². The molecule has 0 radical (unpaired) electrons. The van der Waals surface area contributed by atoms with Gasteiger partial charge in [-0.25, -0.2) is 8.42 Å². The lowest BCUT2D eigenvalue weighted by atomic mass is 10.1. The van der Waals surface area contributed by atoms with Crippen LogP contribution in [-0.4, -0.2) is 32.0 Å². The van der Waals surface area contributed by atoms with E-state index in [2.05, 4.69) is 9.71 Å². The summed E-state index contributed by atoms with van der Waals surface area (Å²) in [4.78, 5) is 4.63. The van der Waals surface area contributed by atoms with Gasteiger partial charge in [-0.2, -0.15) is 0 Å². The van der Waals surface area contributed by atoms with Gasteiger partial charge in [-0.15, -0.1) is 0 Å². The van der Waals surface area contributed by atoms with E-state index < -0.39 is 16.1 Å². The molecule has 0 amide bonds. The van der Waals surface area contributed by atoms with E-state index in [4.69, 9.17) is 0 Å². The SMILES string of the molecule is O=S1(=O)NC(=NC(CO)Cc2ccccc2)c2ccccc21. The monoisotopic (exact) mass is 316 g/mol. The van der Waals surface area contributed by atoms with Crippen LogP contribution in [0.5, 0.6) is 0 Å². The number of rotatable bonds is 4. The second-order valence-corrected chi connectivity index (χ2v) is 6.76. The Morgan fingerprint density at radius 1 is 1.05 bits per heavy atom. The average molecular weight is 316 g/mol. The highest BCUT2D eigenvalue weighted by Crippen LogP contribution is 2.22. The number of hydrogen-bond acceptors (Lipinski definition) is 4. The topological polar surface area (TPSA) is 78.8 Å². The minimum absolute atomic E-state index is 0.151. The molecule has 0 saturated heterocycles. The zero-order chi connectivity index (χ0) is 15.6. The van der Waals surface area contributed by atoms with Gasteiger partial charge in [0.1, 0.15) is 5.84 Å². The molecular weight excluding hydrogens is 300 g/mol. The Balaban J connectivity index is 1.91. The van der Waals surface area contributed by atoms with Crippen LogP contribution in [0.1, 0.15) is 11.1 Å². The van der Waals surface area contributed by atoms with Gasteiger partial charge in [0.2, 0.25) is 0 Å². The number of aliphatic hydroxyl groups excluding tert-OH is 1. The van der Waals surface area contributed by atoms with Gasteiger partial charge in [-0.1, -0.05) is 42.5 Å². The Morgan fingerprint density at radius 3 is 2.45 bits per heavy atom. The maximum absolute atomic E-state index is 12.0. The molecule has 1 unspecified atom stereocenters. The Hall–Kier alpha value is -2.18. The third-order valence-corrected chi connectivity index (χ3v) is 4.90. The van der Waals surface area contributed by atoms with Crippen LogP contribution in [0.3, 0.4) is 0 Å². The van der Waals surface area contributed by atoms with Crippen molar-refractivity contribution in [3.05, 3.63) is 65.7 Å². The minimum Gasteiger partial charge on any atom is -0.394 e. The Kier molecular flexibility index (Phi) is 3.96. The molecule has 0 aliphatic carbocycles. The molecule has 0 fully saturated rings. The summed E-state index contributed by atoms with van der Waals surface area (Å²) in [6.45, 7) is -0.151. The van der Waals surface area contributed by atoms with E-state index in [-0.39, 0.29) is 11.5 Å². The number of nitrogens with zero attached hydrogens (tertiary/aromatic N) is 1. The van der Waals surface area contributed by atoms with Gasteiger partial charge in [-0.05, 0) is 24.1 Å². The molecule has 1 heterocycles. The number of nitrogens with one attached hydrogen (secondary N) is 1. The van der Waals surface area contributed by atoms with Gasteiger partial charge in [0.05, 0.1) is 17.5 Å². The molecule has 1 aliphatic heterocycles. The van der Waals surface area contributed by atoms with Crippen LogP contribution >= 0.6 is 0 Å². The molecule has 1 atom stereocenters. The predicted octanol–water partition coefficient (Wildman–Crippen LogP) is 1.33. The largest absolute Gasteiger partial charge is 0.394 e. The fourth-order valence-corrected chi connectivity index (χ4v) is 3.69. The molecule has 1 aliphatic rings. The summed E-state index contributed by atoms with van der Waals surface area (Å²) in [5, 5.41) is 9.54. The lowest BCUT2D eigenvalue weighted by Crippen LogP contribution is -2.26. The highest BCUT2D eigenvalue weighted by molar-refractivity contribution is 7.90. The zero-order valence-electron chi connectivity index (χ0n) is 11.8. The summed E-state index contributed by atoms with van der Waals surface area (Å²) in [5.41, 5.74) is 1.59. The number of amidine groups is 1. The van der Waals surface area contributed by atoms with Crippen molar-refractivity contribution in [2.24, 2.45) is 4.99 Å². The molecule has 2 N–H and O–H groups in total. The van der Waals surface area contributed by atoms with Gasteiger partial charge >= 0.3 is 0 Å². The molecule has 3 rings (SSSR count). The van der Waals surface area contributed by atoms with Crippen molar-refractivity contribution in [1.82, 2.24) is 4.72 Å². The minimum atomic E-state index is -3.54. The van der Waals surface area contributed by atoms with Crippen molar-refractivity contribution in [2.45, 2.75) is 17.4 Å². The maximum Gasteiger partial charge on any atom is 0.263 e. The van der Waals surface area contributed by atoms with Crippen molar-refractivity contribution in [2.75, 3.05) is 6.61 Å². The first-order valence-electron chi connectivity index (χ1n) is 6.95. The first-order chi connectivity index (χ1) is 10.6. The van der Waals surface area contributed by atoms with Crippen LogP contribution in [0.2, 0.25) is 0 Å². The summed E-state index contributed by atoms with van der Waals surface area (Å²) in [6, 6.07) is 16.0. The number of aliphatic hydroxyl groups is 1. The molecule has 2 aromatic rings. The summed E-state index contributed by atoms with van der Waals surface area (Å²) < 4.78 is 26.5. The highest BCUT2D eigenvalue weighted by Gasteiger charge is 2.30. The van der Waals surface area contributed by atoms with Crippen LogP contribution in [0.4, 0.5) is 0 Å². The molecule has 0 aromatic heterocycles. The van der Waals surface area contributed by atoms with Crippen molar-refractivity contribution < 1.29 is 13.5 Å². The van der Waals surface area contributed by atoms with Crippen molar-refractivity contribution in [3.8, 4) is 0 Å². The second kappa shape index (κ2) is 5.90. The number of hydrogen-bond donors (Lipinski definition) is 2. The summed E-state index contributed by atoms with van der Waals surface area (Å²) >= 11 is 0. The Labute approximate surface area is 129 Å². The third-order valence-electron chi connectivity index (χ3n) is 3.50. The van der Waals surface area contributed by atoms with Crippen LogP contribution in [0.25, 0.3) is 0 Å². The molecule has 0 bridgehead atoms. The lowest BCUT2D eigenvalue weighted by Gasteiger charge is -2.11. The average Bonchev–Trinajstić information content (AvgIpc) is 2.79. The van der Waals surface area contributed by atoms with E-state index in [1.165, 1.54) is 0 Å².